The van der Waals surface area contributed by atoms with E-state index in [1.165, 1.54) is 62.8 Å². The first kappa shape index (κ1) is 36.1. The second-order valence-electron chi connectivity index (χ2n) is 10.9. The van der Waals surface area contributed by atoms with E-state index in [1.807, 2.05) is 6.92 Å². The lowest BCUT2D eigenvalue weighted by Crippen LogP contribution is -2.46. The van der Waals surface area contributed by atoms with E-state index in [2.05, 4.69) is 0 Å². The zero-order chi connectivity index (χ0) is 36.5. The van der Waals surface area contributed by atoms with Crippen LogP contribution in [0.25, 0.3) is 0 Å². The van der Waals surface area contributed by atoms with Crippen molar-refractivity contribution in [3.8, 4) is 28.7 Å². The zero-order valence-electron chi connectivity index (χ0n) is 27.6. The third-order valence-corrected chi connectivity index (χ3v) is 7.47. The molecule has 2 heterocycles. The number of hydrogen-bond acceptors (Lipinski definition) is 13. The van der Waals surface area contributed by atoms with Gasteiger partial charge in [0.05, 0.1) is 27.0 Å². The van der Waals surface area contributed by atoms with Crippen LogP contribution in [0.4, 0.5) is 14.0 Å². The second-order valence-corrected chi connectivity index (χ2v) is 10.9. The molecule has 1 saturated heterocycles. The van der Waals surface area contributed by atoms with Crippen LogP contribution in [0.2, 0.25) is 0 Å². The topological polar surface area (TPSA) is 169 Å². The van der Waals surface area contributed by atoms with Crippen LogP contribution in [-0.2, 0) is 14.2 Å². The number of hydrogen-bond donors (Lipinski definition) is 0. The number of rotatable bonds is 12. The van der Waals surface area contributed by atoms with Crippen molar-refractivity contribution in [3.63, 3.8) is 0 Å². The van der Waals surface area contributed by atoms with Crippen molar-refractivity contribution < 1.29 is 56.7 Å². The molecule has 0 saturated carbocycles. The van der Waals surface area contributed by atoms with Crippen LogP contribution in [0.1, 0.15) is 36.4 Å². The molecular formula is C35H33FN2O13. The average Bonchev–Trinajstić information content (AvgIpc) is 3.53. The molecule has 0 radical (unpaired) electrons. The lowest BCUT2D eigenvalue weighted by atomic mass is 10.2. The summed E-state index contributed by atoms with van der Waals surface area (Å²) in [5.41, 5.74) is -2.81. The Morgan fingerprint density at radius 3 is 1.92 bits per heavy atom. The molecule has 1 aliphatic heterocycles. The summed E-state index contributed by atoms with van der Waals surface area (Å²) in [6, 6.07) is 17.7. The van der Waals surface area contributed by atoms with Crippen molar-refractivity contribution in [1.29, 1.82) is 0 Å². The van der Waals surface area contributed by atoms with Crippen molar-refractivity contribution in [1.82, 2.24) is 9.13 Å². The summed E-state index contributed by atoms with van der Waals surface area (Å²) in [6.45, 7) is 1.79. The van der Waals surface area contributed by atoms with Gasteiger partial charge in [-0.2, -0.15) is 8.96 Å². The predicted octanol–water partition coefficient (Wildman–Crippen LogP) is 4.73. The van der Waals surface area contributed by atoms with Gasteiger partial charge in [-0.05, 0) is 79.2 Å². The second kappa shape index (κ2) is 16.5. The normalized spacial score (nSPS) is 16.5. The summed E-state index contributed by atoms with van der Waals surface area (Å²) >= 11 is 0. The molecule has 4 aromatic rings. The van der Waals surface area contributed by atoms with E-state index >= 15 is 4.39 Å². The Morgan fingerprint density at radius 1 is 0.804 bits per heavy atom. The summed E-state index contributed by atoms with van der Waals surface area (Å²) in [7, 11) is 2.94. The Kier molecular flexibility index (Phi) is 11.7. The van der Waals surface area contributed by atoms with Crippen LogP contribution < -0.4 is 34.9 Å². The number of nitrogens with zero attached hydrogens (tertiary/aromatic N) is 2. The van der Waals surface area contributed by atoms with Crippen molar-refractivity contribution in [2.45, 2.75) is 38.2 Å². The molecule has 1 fully saturated rings. The molecule has 1 aliphatic rings. The molecule has 268 valence electrons. The highest BCUT2D eigenvalue weighted by Gasteiger charge is 2.41. The van der Waals surface area contributed by atoms with Gasteiger partial charge in [0.25, 0.3) is 11.5 Å². The molecule has 16 heteroatoms. The number of carbonyl (C=O) groups is 3. The first-order chi connectivity index (χ1) is 24.6. The first-order valence-electron chi connectivity index (χ1n) is 15.6. The van der Waals surface area contributed by atoms with Crippen LogP contribution >= 0.6 is 0 Å². The zero-order valence-corrected chi connectivity index (χ0v) is 27.6. The number of halogens is 1. The van der Waals surface area contributed by atoms with Crippen molar-refractivity contribution in [2.24, 2.45) is 0 Å². The van der Waals surface area contributed by atoms with Gasteiger partial charge in [0.15, 0.2) is 0 Å². The maximum atomic E-state index is 15.0. The molecular weight excluding hydrogens is 675 g/mol. The van der Waals surface area contributed by atoms with Crippen molar-refractivity contribution in [2.75, 3.05) is 27.4 Å². The first-order valence-corrected chi connectivity index (χ1v) is 15.6. The largest absolute Gasteiger partial charge is 0.514 e. The minimum absolute atomic E-state index is 0.0910. The molecule has 0 amide bonds. The van der Waals surface area contributed by atoms with Crippen LogP contribution in [0.15, 0.2) is 88.6 Å². The molecule has 0 bridgehead atoms. The summed E-state index contributed by atoms with van der Waals surface area (Å²) in [5.74, 6) is -0.799. The molecule has 3 atom stereocenters. The Hall–Kier alpha value is -6.16. The van der Waals surface area contributed by atoms with Gasteiger partial charge in [0.2, 0.25) is 5.82 Å². The van der Waals surface area contributed by atoms with Gasteiger partial charge < -0.3 is 37.9 Å². The maximum Gasteiger partial charge on any atom is 0.514 e. The Bertz CT molecular complexity index is 1960. The monoisotopic (exact) mass is 708 g/mol. The number of benzene rings is 3. The maximum absolute atomic E-state index is 15.0. The highest BCUT2D eigenvalue weighted by Crippen LogP contribution is 2.31. The van der Waals surface area contributed by atoms with Crippen molar-refractivity contribution in [3.05, 3.63) is 111 Å². The number of aromatic nitrogens is 2. The third kappa shape index (κ3) is 8.90. The highest BCUT2D eigenvalue weighted by atomic mass is 19.1. The van der Waals surface area contributed by atoms with E-state index < -0.39 is 60.3 Å². The van der Waals surface area contributed by atoms with E-state index in [-0.39, 0.29) is 28.1 Å². The van der Waals surface area contributed by atoms with E-state index in [9.17, 15) is 24.0 Å². The number of carbonyl (C=O) groups excluding carboxylic acids is 3. The van der Waals surface area contributed by atoms with Crippen LogP contribution in [0.5, 0.6) is 28.7 Å². The van der Waals surface area contributed by atoms with Crippen molar-refractivity contribution >= 4 is 18.2 Å². The summed E-state index contributed by atoms with van der Waals surface area (Å²) in [4.78, 5) is 64.9. The molecule has 3 unspecified atom stereocenters. The fourth-order valence-electron chi connectivity index (χ4n) is 4.92. The predicted molar refractivity (Wildman–Crippen MR) is 174 cm³/mol. The van der Waals surface area contributed by atoms with Gasteiger partial charge in [-0.1, -0.05) is 6.92 Å². The van der Waals surface area contributed by atoms with E-state index in [0.717, 1.165) is 6.42 Å². The third-order valence-electron chi connectivity index (χ3n) is 7.47. The quantitative estimate of drug-likeness (QED) is 0.146. The van der Waals surface area contributed by atoms with Gasteiger partial charge in [-0.25, -0.2) is 14.4 Å². The van der Waals surface area contributed by atoms with E-state index in [4.69, 9.17) is 37.9 Å². The van der Waals surface area contributed by atoms with Crippen LogP contribution in [0.3, 0.4) is 0 Å². The van der Waals surface area contributed by atoms with Gasteiger partial charge in [0.1, 0.15) is 53.8 Å². The molecule has 15 nitrogen and oxygen atoms in total. The molecule has 1 aromatic heterocycles. The van der Waals surface area contributed by atoms with Crippen LogP contribution in [0, 0.1) is 5.82 Å². The standard InChI is InChI=1S/C35H33FN2O13/c1-4-17-46-24-7-5-21(6-8-24)31(39)38-32(40)27(36)19-37(33(38)41)30-18-28(51-35(43)49-26-15-11-23(45-3)12-16-26)29(50-30)20-47-34(42)48-25-13-9-22(44-2)10-14-25/h5-16,19,28-30H,4,17-18,20H2,1-3H3. The highest BCUT2D eigenvalue weighted by molar-refractivity contribution is 5.95. The van der Waals surface area contributed by atoms with E-state index in [0.29, 0.717) is 34.6 Å². The lowest BCUT2D eigenvalue weighted by molar-refractivity contribution is -0.0598. The fourth-order valence-corrected chi connectivity index (χ4v) is 4.92. The number of methoxy groups -OCH3 is 2. The Balaban J connectivity index is 1.36. The lowest BCUT2D eigenvalue weighted by Gasteiger charge is -2.18. The van der Waals surface area contributed by atoms with Gasteiger partial charge in [0, 0.05) is 12.0 Å². The Morgan fingerprint density at radius 2 is 1.35 bits per heavy atom. The number of ether oxygens (including phenoxy) is 8. The van der Waals surface area contributed by atoms with Gasteiger partial charge in [-0.3, -0.25) is 14.2 Å². The minimum atomic E-state index is -1.48. The molecule has 0 spiro atoms. The SMILES string of the molecule is CCCOc1ccc(C(=O)n2c(=O)c(F)cn(C3CC(OC(=O)Oc4ccc(OC)cc4)C(COC(=O)Oc4ccc(OC)cc4)O3)c2=O)cc1. The van der Waals surface area contributed by atoms with Crippen LogP contribution in [-0.4, -0.2) is 67.0 Å². The van der Waals surface area contributed by atoms with Gasteiger partial charge >= 0.3 is 18.0 Å². The molecule has 51 heavy (non-hydrogen) atoms. The summed E-state index contributed by atoms with van der Waals surface area (Å²) in [5, 5.41) is 0. The van der Waals surface area contributed by atoms with E-state index in [1.54, 1.807) is 24.3 Å². The fraction of sp³-hybridized carbons (Fsp3) is 0.286. The van der Waals surface area contributed by atoms with Gasteiger partial charge in [-0.15, -0.1) is 0 Å². The summed E-state index contributed by atoms with van der Waals surface area (Å²) < 4.78 is 58.5. The molecule has 0 aliphatic carbocycles. The summed E-state index contributed by atoms with van der Waals surface area (Å²) in [6.07, 6.45) is -5.19. The molecule has 3 aromatic carbocycles. The molecule has 0 N–H and O–H groups in total. The molecule has 5 rings (SSSR count). The minimum Gasteiger partial charge on any atom is -0.497 e. The smallest absolute Gasteiger partial charge is 0.497 e. The Labute approximate surface area is 289 Å². The average molecular weight is 709 g/mol.